The van der Waals surface area contributed by atoms with Crippen molar-refractivity contribution in [3.63, 3.8) is 0 Å². The highest BCUT2D eigenvalue weighted by Gasteiger charge is 2.24. The minimum Gasteiger partial charge on any atom is -0.372 e. The Kier molecular flexibility index (Phi) is 5.09. The summed E-state index contributed by atoms with van der Waals surface area (Å²) in [5.41, 5.74) is 4.50. The van der Waals surface area contributed by atoms with E-state index in [-0.39, 0.29) is 18.1 Å². The zero-order chi connectivity index (χ0) is 18.0. The van der Waals surface area contributed by atoms with Crippen molar-refractivity contribution in [3.05, 3.63) is 59.4 Å². The minimum atomic E-state index is 0.0477. The third-order valence-corrected chi connectivity index (χ3v) is 4.62. The van der Waals surface area contributed by atoms with Crippen molar-refractivity contribution in [1.29, 1.82) is 0 Å². The number of amides is 1. The van der Waals surface area contributed by atoms with E-state index in [2.05, 4.69) is 36.6 Å². The SMILES string of the molecule is Cc1cc(/C=C/C(=O)N2CC(C)OC(C)C2)c(C)n1-c1ccccc1. The monoisotopic (exact) mass is 338 g/mol. The van der Waals surface area contributed by atoms with Gasteiger partial charge in [-0.05, 0) is 57.5 Å². The van der Waals surface area contributed by atoms with Crippen LogP contribution in [-0.2, 0) is 9.53 Å². The fourth-order valence-electron chi connectivity index (χ4n) is 3.56. The summed E-state index contributed by atoms with van der Waals surface area (Å²) in [5.74, 6) is 0.0477. The van der Waals surface area contributed by atoms with Gasteiger partial charge in [0.05, 0.1) is 12.2 Å². The van der Waals surface area contributed by atoms with Crippen molar-refractivity contribution in [2.24, 2.45) is 0 Å². The lowest BCUT2D eigenvalue weighted by Crippen LogP contribution is -2.47. The Labute approximate surface area is 149 Å². The number of morpholine rings is 1. The molecule has 2 unspecified atom stereocenters. The highest BCUT2D eigenvalue weighted by Crippen LogP contribution is 2.22. The topological polar surface area (TPSA) is 34.5 Å². The van der Waals surface area contributed by atoms with Gasteiger partial charge in [-0.2, -0.15) is 0 Å². The maximum absolute atomic E-state index is 12.5. The average Bonchev–Trinajstić information content (AvgIpc) is 2.86. The smallest absolute Gasteiger partial charge is 0.246 e. The number of hydrogen-bond donors (Lipinski definition) is 0. The van der Waals surface area contributed by atoms with Gasteiger partial charge in [-0.15, -0.1) is 0 Å². The third kappa shape index (κ3) is 3.85. The summed E-state index contributed by atoms with van der Waals surface area (Å²) in [6, 6.07) is 12.4. The van der Waals surface area contributed by atoms with E-state index in [1.165, 1.54) is 0 Å². The minimum absolute atomic E-state index is 0.0477. The molecule has 0 spiro atoms. The Morgan fingerprint density at radius 2 is 1.76 bits per heavy atom. The quantitative estimate of drug-likeness (QED) is 0.799. The van der Waals surface area contributed by atoms with Crippen molar-refractivity contribution in [2.45, 2.75) is 39.9 Å². The Morgan fingerprint density at radius 1 is 1.12 bits per heavy atom. The van der Waals surface area contributed by atoms with Gasteiger partial charge in [-0.1, -0.05) is 18.2 Å². The van der Waals surface area contributed by atoms with Crippen LogP contribution in [0.2, 0.25) is 0 Å². The molecule has 25 heavy (non-hydrogen) atoms. The van der Waals surface area contributed by atoms with Crippen LogP contribution in [0.4, 0.5) is 0 Å². The van der Waals surface area contributed by atoms with Gasteiger partial charge < -0.3 is 14.2 Å². The van der Waals surface area contributed by atoms with Crippen LogP contribution in [0.5, 0.6) is 0 Å². The Hall–Kier alpha value is -2.33. The molecule has 0 N–H and O–H groups in total. The molecule has 0 saturated carbocycles. The number of nitrogens with zero attached hydrogens (tertiary/aromatic N) is 2. The lowest BCUT2D eigenvalue weighted by atomic mass is 10.2. The first-order valence-electron chi connectivity index (χ1n) is 8.82. The van der Waals surface area contributed by atoms with E-state index in [9.17, 15) is 4.79 Å². The lowest BCUT2D eigenvalue weighted by molar-refractivity contribution is -0.137. The zero-order valence-electron chi connectivity index (χ0n) is 15.4. The molecule has 132 valence electrons. The van der Waals surface area contributed by atoms with Crippen molar-refractivity contribution < 1.29 is 9.53 Å². The second-order valence-electron chi connectivity index (χ2n) is 6.83. The molecule has 0 radical (unpaired) electrons. The van der Waals surface area contributed by atoms with Crippen LogP contribution in [0.3, 0.4) is 0 Å². The predicted octanol–water partition coefficient (Wildman–Crippen LogP) is 3.74. The first-order chi connectivity index (χ1) is 12.0. The lowest BCUT2D eigenvalue weighted by Gasteiger charge is -2.34. The molecule has 0 bridgehead atoms. The van der Waals surface area contributed by atoms with E-state index in [1.54, 1.807) is 6.08 Å². The van der Waals surface area contributed by atoms with Crippen LogP contribution in [0, 0.1) is 13.8 Å². The number of benzene rings is 1. The summed E-state index contributed by atoms with van der Waals surface area (Å²) in [6.07, 6.45) is 3.78. The molecule has 2 aromatic rings. The number of hydrogen-bond acceptors (Lipinski definition) is 2. The first kappa shape index (κ1) is 17.5. The molecular weight excluding hydrogens is 312 g/mol. The number of carbonyl (C=O) groups excluding carboxylic acids is 1. The highest BCUT2D eigenvalue weighted by molar-refractivity contribution is 5.92. The van der Waals surface area contributed by atoms with Gasteiger partial charge in [0, 0.05) is 36.2 Å². The number of para-hydroxylation sites is 1. The molecule has 2 heterocycles. The number of carbonyl (C=O) groups is 1. The molecule has 1 aromatic heterocycles. The Balaban J connectivity index is 1.79. The summed E-state index contributed by atoms with van der Waals surface area (Å²) >= 11 is 0. The van der Waals surface area contributed by atoms with E-state index < -0.39 is 0 Å². The summed E-state index contributed by atoms with van der Waals surface area (Å²) < 4.78 is 7.91. The van der Waals surface area contributed by atoms with Crippen LogP contribution in [0.15, 0.2) is 42.5 Å². The average molecular weight is 338 g/mol. The van der Waals surface area contributed by atoms with E-state index >= 15 is 0 Å². The maximum Gasteiger partial charge on any atom is 0.246 e. The van der Waals surface area contributed by atoms with Gasteiger partial charge in [-0.3, -0.25) is 4.79 Å². The molecule has 3 rings (SSSR count). The standard InChI is InChI=1S/C21H26N2O2/c1-15-12-19(18(4)23(15)20-8-6-5-7-9-20)10-11-21(24)22-13-16(2)25-17(3)14-22/h5-12,16-17H,13-14H2,1-4H3/b11-10+. The van der Waals surface area contributed by atoms with Crippen molar-refractivity contribution in [2.75, 3.05) is 13.1 Å². The molecule has 1 aliphatic heterocycles. The van der Waals surface area contributed by atoms with E-state index in [0.29, 0.717) is 13.1 Å². The Morgan fingerprint density at radius 3 is 2.40 bits per heavy atom. The normalized spacial score (nSPS) is 21.0. The van der Waals surface area contributed by atoms with Crippen LogP contribution in [0.25, 0.3) is 11.8 Å². The van der Waals surface area contributed by atoms with Gasteiger partial charge in [0.2, 0.25) is 5.91 Å². The van der Waals surface area contributed by atoms with E-state index in [4.69, 9.17) is 4.74 Å². The molecule has 4 heteroatoms. The third-order valence-electron chi connectivity index (χ3n) is 4.62. The van der Waals surface area contributed by atoms with Gasteiger partial charge in [0.25, 0.3) is 0 Å². The van der Waals surface area contributed by atoms with Crippen molar-refractivity contribution in [3.8, 4) is 5.69 Å². The van der Waals surface area contributed by atoms with Gasteiger partial charge in [0.1, 0.15) is 0 Å². The van der Waals surface area contributed by atoms with Crippen LogP contribution in [0.1, 0.15) is 30.8 Å². The summed E-state index contributed by atoms with van der Waals surface area (Å²) in [6.45, 7) is 9.49. The Bertz CT molecular complexity index is 767. The second kappa shape index (κ2) is 7.28. The van der Waals surface area contributed by atoms with Gasteiger partial charge in [0.15, 0.2) is 0 Å². The number of ether oxygens (including phenoxy) is 1. The largest absolute Gasteiger partial charge is 0.372 e. The zero-order valence-corrected chi connectivity index (χ0v) is 15.4. The van der Waals surface area contributed by atoms with Crippen molar-refractivity contribution >= 4 is 12.0 Å². The molecular formula is C21H26N2O2. The van der Waals surface area contributed by atoms with Gasteiger partial charge >= 0.3 is 0 Å². The fraction of sp³-hybridized carbons (Fsp3) is 0.381. The molecule has 1 fully saturated rings. The molecule has 0 aliphatic carbocycles. The molecule has 2 atom stereocenters. The maximum atomic E-state index is 12.5. The molecule has 1 aliphatic rings. The van der Waals surface area contributed by atoms with Crippen molar-refractivity contribution in [1.82, 2.24) is 9.47 Å². The number of rotatable bonds is 3. The summed E-state index contributed by atoms with van der Waals surface area (Å²) in [7, 11) is 0. The van der Waals surface area contributed by atoms with Crippen LogP contribution >= 0.6 is 0 Å². The molecule has 4 nitrogen and oxygen atoms in total. The summed E-state index contributed by atoms with van der Waals surface area (Å²) in [4.78, 5) is 14.4. The van der Waals surface area contributed by atoms with Crippen LogP contribution < -0.4 is 0 Å². The van der Waals surface area contributed by atoms with E-state index in [0.717, 1.165) is 22.6 Å². The predicted molar refractivity (Wildman–Crippen MR) is 101 cm³/mol. The molecule has 1 aromatic carbocycles. The van der Waals surface area contributed by atoms with Gasteiger partial charge in [-0.25, -0.2) is 0 Å². The number of aromatic nitrogens is 1. The molecule has 1 saturated heterocycles. The van der Waals surface area contributed by atoms with E-state index in [1.807, 2.05) is 43.0 Å². The fourth-order valence-corrected chi connectivity index (χ4v) is 3.56. The van der Waals surface area contributed by atoms with Crippen LogP contribution in [-0.4, -0.2) is 40.7 Å². The molecule has 1 amide bonds. The second-order valence-corrected chi connectivity index (χ2v) is 6.83. The first-order valence-corrected chi connectivity index (χ1v) is 8.82. The summed E-state index contributed by atoms with van der Waals surface area (Å²) in [5, 5.41) is 0. The highest BCUT2D eigenvalue weighted by atomic mass is 16.5. The number of aryl methyl sites for hydroxylation is 1.